The number of amides is 1. The molecule has 1 heterocycles. The Morgan fingerprint density at radius 2 is 1.96 bits per heavy atom. The van der Waals surface area contributed by atoms with Crippen LogP contribution < -0.4 is 10.1 Å². The molecule has 1 amide bonds. The maximum atomic E-state index is 12.3. The Balaban J connectivity index is 1.77. The Kier molecular flexibility index (Phi) is 4.06. The molecule has 0 bridgehead atoms. The zero-order valence-electron chi connectivity index (χ0n) is 13.6. The fourth-order valence-electron chi connectivity index (χ4n) is 2.74. The van der Waals surface area contributed by atoms with Crippen LogP contribution in [0.25, 0.3) is 10.9 Å². The smallest absolute Gasteiger partial charge is 0.244 e. The van der Waals surface area contributed by atoms with Crippen LogP contribution >= 0.6 is 0 Å². The van der Waals surface area contributed by atoms with Gasteiger partial charge in [-0.25, -0.2) is 0 Å². The summed E-state index contributed by atoms with van der Waals surface area (Å²) < 4.78 is 7.16. The molecule has 3 aromatic rings. The second-order valence-corrected chi connectivity index (χ2v) is 5.73. The second kappa shape index (κ2) is 6.16. The molecule has 23 heavy (non-hydrogen) atoms. The quantitative estimate of drug-likeness (QED) is 0.794. The van der Waals surface area contributed by atoms with E-state index in [0.717, 1.165) is 27.9 Å². The Hall–Kier alpha value is -2.75. The number of aryl methyl sites for hydroxylation is 2. The van der Waals surface area contributed by atoms with Crippen molar-refractivity contribution in [2.75, 3.05) is 12.4 Å². The molecule has 118 valence electrons. The van der Waals surface area contributed by atoms with Crippen molar-refractivity contribution in [2.45, 2.75) is 20.4 Å². The van der Waals surface area contributed by atoms with Crippen LogP contribution in [0.3, 0.4) is 0 Å². The molecule has 0 fully saturated rings. The summed E-state index contributed by atoms with van der Waals surface area (Å²) in [5, 5.41) is 4.04. The van der Waals surface area contributed by atoms with Crippen molar-refractivity contribution in [1.82, 2.24) is 4.57 Å². The van der Waals surface area contributed by atoms with Crippen LogP contribution in [0.2, 0.25) is 0 Å². The van der Waals surface area contributed by atoms with Crippen LogP contribution in [0.1, 0.15) is 11.1 Å². The van der Waals surface area contributed by atoms with Crippen molar-refractivity contribution in [1.29, 1.82) is 0 Å². The van der Waals surface area contributed by atoms with Gasteiger partial charge < -0.3 is 14.6 Å². The highest BCUT2D eigenvalue weighted by Gasteiger charge is 2.08. The first-order valence-electron chi connectivity index (χ1n) is 7.57. The molecule has 2 aromatic carbocycles. The number of hydrogen-bond donors (Lipinski definition) is 1. The predicted molar refractivity (Wildman–Crippen MR) is 93.0 cm³/mol. The van der Waals surface area contributed by atoms with Gasteiger partial charge in [0.15, 0.2) is 0 Å². The van der Waals surface area contributed by atoms with Gasteiger partial charge >= 0.3 is 0 Å². The Morgan fingerprint density at radius 3 is 2.70 bits per heavy atom. The van der Waals surface area contributed by atoms with Gasteiger partial charge in [-0.05, 0) is 49.7 Å². The van der Waals surface area contributed by atoms with Crippen molar-refractivity contribution in [3.63, 3.8) is 0 Å². The summed E-state index contributed by atoms with van der Waals surface area (Å²) in [5.74, 6) is 0.778. The van der Waals surface area contributed by atoms with Crippen molar-refractivity contribution >= 4 is 22.5 Å². The summed E-state index contributed by atoms with van der Waals surface area (Å²) in [5.41, 5.74) is 4.13. The molecule has 0 radical (unpaired) electrons. The molecular weight excluding hydrogens is 288 g/mol. The molecule has 0 atom stereocenters. The number of rotatable bonds is 4. The van der Waals surface area contributed by atoms with Gasteiger partial charge in [0.25, 0.3) is 0 Å². The Labute approximate surface area is 135 Å². The van der Waals surface area contributed by atoms with Crippen LogP contribution in [-0.4, -0.2) is 17.6 Å². The third-order valence-electron chi connectivity index (χ3n) is 3.95. The van der Waals surface area contributed by atoms with E-state index in [1.54, 1.807) is 7.11 Å². The second-order valence-electron chi connectivity index (χ2n) is 5.73. The highest BCUT2D eigenvalue weighted by molar-refractivity contribution is 5.92. The molecule has 1 N–H and O–H groups in total. The summed E-state index contributed by atoms with van der Waals surface area (Å²) >= 11 is 0. The van der Waals surface area contributed by atoms with E-state index >= 15 is 0 Å². The summed E-state index contributed by atoms with van der Waals surface area (Å²) in [4.78, 5) is 12.3. The van der Waals surface area contributed by atoms with Crippen LogP contribution in [0.5, 0.6) is 5.75 Å². The number of carbonyl (C=O) groups is 1. The maximum Gasteiger partial charge on any atom is 0.244 e. The van der Waals surface area contributed by atoms with Gasteiger partial charge in [0.1, 0.15) is 12.3 Å². The number of nitrogens with zero attached hydrogens (tertiary/aromatic N) is 1. The average Bonchev–Trinajstić information content (AvgIpc) is 2.92. The zero-order chi connectivity index (χ0) is 16.4. The fraction of sp³-hybridized carbons (Fsp3) is 0.211. The van der Waals surface area contributed by atoms with E-state index in [0.29, 0.717) is 0 Å². The van der Waals surface area contributed by atoms with E-state index in [2.05, 4.69) is 11.4 Å². The highest BCUT2D eigenvalue weighted by Crippen LogP contribution is 2.22. The largest absolute Gasteiger partial charge is 0.497 e. The first-order valence-corrected chi connectivity index (χ1v) is 7.57. The van der Waals surface area contributed by atoms with E-state index in [-0.39, 0.29) is 12.5 Å². The van der Waals surface area contributed by atoms with E-state index in [1.807, 2.05) is 61.0 Å². The number of carbonyl (C=O) groups excluding carboxylic acids is 1. The van der Waals surface area contributed by atoms with Crippen LogP contribution in [0.4, 0.5) is 5.69 Å². The molecule has 3 rings (SSSR count). The normalized spacial score (nSPS) is 10.7. The molecule has 1 aromatic heterocycles. The van der Waals surface area contributed by atoms with Crippen LogP contribution in [-0.2, 0) is 11.3 Å². The predicted octanol–water partition coefficient (Wildman–Crippen LogP) is 3.91. The van der Waals surface area contributed by atoms with Gasteiger partial charge in [-0.1, -0.05) is 17.7 Å². The van der Waals surface area contributed by atoms with Gasteiger partial charge in [-0.15, -0.1) is 0 Å². The fourth-order valence-corrected chi connectivity index (χ4v) is 2.74. The number of hydrogen-bond acceptors (Lipinski definition) is 2. The molecule has 0 saturated heterocycles. The van der Waals surface area contributed by atoms with Gasteiger partial charge in [0.2, 0.25) is 5.91 Å². The first-order chi connectivity index (χ1) is 11.1. The number of methoxy groups -OCH3 is 1. The summed E-state index contributed by atoms with van der Waals surface area (Å²) in [6.45, 7) is 4.32. The number of benzene rings is 2. The van der Waals surface area contributed by atoms with E-state index in [1.165, 1.54) is 5.56 Å². The lowest BCUT2D eigenvalue weighted by Crippen LogP contribution is -2.18. The van der Waals surface area contributed by atoms with Crippen molar-refractivity contribution in [3.8, 4) is 5.75 Å². The molecule has 4 heteroatoms. The molecule has 0 spiro atoms. The summed E-state index contributed by atoms with van der Waals surface area (Å²) in [7, 11) is 1.65. The number of ether oxygens (including phenoxy) is 1. The third-order valence-corrected chi connectivity index (χ3v) is 3.95. The van der Waals surface area contributed by atoms with Gasteiger partial charge in [0, 0.05) is 22.8 Å². The standard InChI is InChI=1S/C19H20N2O2/c1-13-4-6-17(14(2)10-13)20-19(22)12-21-9-8-15-11-16(23-3)5-7-18(15)21/h4-11H,12H2,1-3H3,(H,20,22). The van der Waals surface area contributed by atoms with Gasteiger partial charge in [-0.2, -0.15) is 0 Å². The molecule has 0 aliphatic heterocycles. The topological polar surface area (TPSA) is 43.3 Å². The lowest BCUT2D eigenvalue weighted by molar-refractivity contribution is -0.116. The Morgan fingerprint density at radius 1 is 1.13 bits per heavy atom. The number of aromatic nitrogens is 1. The van der Waals surface area contributed by atoms with Crippen molar-refractivity contribution < 1.29 is 9.53 Å². The number of anilines is 1. The van der Waals surface area contributed by atoms with E-state index < -0.39 is 0 Å². The molecular formula is C19H20N2O2. The van der Waals surface area contributed by atoms with Crippen LogP contribution in [0.15, 0.2) is 48.7 Å². The highest BCUT2D eigenvalue weighted by atomic mass is 16.5. The SMILES string of the molecule is COc1ccc2c(ccn2CC(=O)Nc2ccc(C)cc2C)c1. The molecule has 0 aliphatic carbocycles. The van der Waals surface area contributed by atoms with Crippen molar-refractivity contribution in [3.05, 3.63) is 59.8 Å². The summed E-state index contributed by atoms with van der Waals surface area (Å²) in [6.07, 6.45) is 1.92. The molecule has 4 nitrogen and oxygen atoms in total. The average molecular weight is 308 g/mol. The molecule has 0 unspecified atom stereocenters. The zero-order valence-corrected chi connectivity index (χ0v) is 13.6. The minimum Gasteiger partial charge on any atom is -0.497 e. The van der Waals surface area contributed by atoms with E-state index in [9.17, 15) is 4.79 Å². The van der Waals surface area contributed by atoms with Gasteiger partial charge in [-0.3, -0.25) is 4.79 Å². The molecule has 0 aliphatic rings. The third kappa shape index (κ3) is 3.21. The van der Waals surface area contributed by atoms with Crippen LogP contribution in [0, 0.1) is 13.8 Å². The number of nitrogens with one attached hydrogen (secondary N) is 1. The molecule has 0 saturated carbocycles. The Bertz CT molecular complexity index is 865. The van der Waals surface area contributed by atoms with Gasteiger partial charge in [0.05, 0.1) is 7.11 Å². The maximum absolute atomic E-state index is 12.3. The lowest BCUT2D eigenvalue weighted by Gasteiger charge is -2.10. The van der Waals surface area contributed by atoms with E-state index in [4.69, 9.17) is 4.74 Å². The minimum atomic E-state index is -0.0368. The summed E-state index contributed by atoms with van der Waals surface area (Å²) in [6, 6.07) is 13.8. The first kappa shape index (κ1) is 15.2. The lowest BCUT2D eigenvalue weighted by atomic mass is 10.1. The number of fused-ring (bicyclic) bond motifs is 1. The van der Waals surface area contributed by atoms with Crippen molar-refractivity contribution in [2.24, 2.45) is 0 Å². The monoisotopic (exact) mass is 308 g/mol. The minimum absolute atomic E-state index is 0.0368.